The molecule has 1 aromatic heterocycles. The number of hydrogen-bond donors (Lipinski definition) is 2. The number of likely N-dealkylation sites (N-methyl/N-ethyl adjacent to an activating group) is 1. The molecule has 0 saturated carbocycles. The third-order valence-corrected chi connectivity index (χ3v) is 3.53. The largest absolute Gasteiger partial charge is 0.492 e. The summed E-state index contributed by atoms with van der Waals surface area (Å²) in [6.45, 7) is 4.29. The summed E-state index contributed by atoms with van der Waals surface area (Å²) in [5.41, 5.74) is 2.12. The average Bonchev–Trinajstić information content (AvgIpc) is 2.95. The summed E-state index contributed by atoms with van der Waals surface area (Å²) in [7, 11) is 4.06. The second-order valence-electron chi connectivity index (χ2n) is 5.80. The van der Waals surface area contributed by atoms with E-state index in [0.717, 1.165) is 18.0 Å². The van der Waals surface area contributed by atoms with E-state index in [1.165, 1.54) is 5.56 Å². The molecule has 0 spiro atoms. The van der Waals surface area contributed by atoms with Gasteiger partial charge in [0.1, 0.15) is 12.4 Å². The zero-order chi connectivity index (χ0) is 16.7. The maximum atomic E-state index is 8.91. The van der Waals surface area contributed by atoms with Gasteiger partial charge in [0.05, 0.1) is 25.0 Å². The molecule has 2 N–H and O–H groups in total. The number of nitrogens with one attached hydrogen (secondary N) is 1. The van der Waals surface area contributed by atoms with Gasteiger partial charge in [-0.15, -0.1) is 0 Å². The van der Waals surface area contributed by atoms with Crippen LogP contribution >= 0.6 is 0 Å². The summed E-state index contributed by atoms with van der Waals surface area (Å²) in [6, 6.07) is 8.30. The van der Waals surface area contributed by atoms with Crippen molar-refractivity contribution in [2.75, 3.05) is 39.2 Å². The van der Waals surface area contributed by atoms with Gasteiger partial charge in [-0.3, -0.25) is 4.68 Å². The molecule has 1 atom stereocenters. The summed E-state index contributed by atoms with van der Waals surface area (Å²) in [5.74, 6) is 0.888. The van der Waals surface area contributed by atoms with Gasteiger partial charge < -0.3 is 20.1 Å². The maximum absolute atomic E-state index is 8.91. The number of ether oxygens (including phenoxy) is 1. The van der Waals surface area contributed by atoms with Crippen molar-refractivity contribution in [2.24, 2.45) is 0 Å². The summed E-state index contributed by atoms with van der Waals surface area (Å²) < 4.78 is 7.42. The van der Waals surface area contributed by atoms with Crippen LogP contribution in [0.2, 0.25) is 0 Å². The summed E-state index contributed by atoms with van der Waals surface area (Å²) in [6.07, 6.45) is 3.66. The van der Waals surface area contributed by atoms with Crippen LogP contribution in [-0.2, 0) is 6.54 Å². The Morgan fingerprint density at radius 2 is 2.04 bits per heavy atom. The van der Waals surface area contributed by atoms with E-state index in [-0.39, 0.29) is 12.6 Å². The van der Waals surface area contributed by atoms with E-state index < -0.39 is 0 Å². The van der Waals surface area contributed by atoms with Gasteiger partial charge in [0, 0.05) is 18.8 Å². The van der Waals surface area contributed by atoms with Crippen molar-refractivity contribution in [1.29, 1.82) is 0 Å². The standard InChI is InChI=1S/C17H26N4O2/c1-14(19-16-12-18-21(13-16)8-10-22)15-4-6-17(7-5-15)23-11-9-20(2)3/h4-7,12-14,19,22H,8-11H2,1-3H3. The number of aliphatic hydroxyl groups is 1. The molecule has 0 aliphatic heterocycles. The molecule has 0 aliphatic rings. The van der Waals surface area contributed by atoms with Gasteiger partial charge in [-0.25, -0.2) is 0 Å². The fraction of sp³-hybridized carbons (Fsp3) is 0.471. The minimum Gasteiger partial charge on any atom is -0.492 e. The van der Waals surface area contributed by atoms with Crippen LogP contribution in [0, 0.1) is 0 Å². The lowest BCUT2D eigenvalue weighted by molar-refractivity contribution is 0.261. The van der Waals surface area contributed by atoms with E-state index >= 15 is 0 Å². The predicted molar refractivity (Wildman–Crippen MR) is 91.8 cm³/mol. The molecule has 6 nitrogen and oxygen atoms in total. The second-order valence-corrected chi connectivity index (χ2v) is 5.80. The quantitative estimate of drug-likeness (QED) is 0.740. The fourth-order valence-electron chi connectivity index (χ4n) is 2.19. The van der Waals surface area contributed by atoms with Gasteiger partial charge >= 0.3 is 0 Å². The van der Waals surface area contributed by atoms with Crippen molar-refractivity contribution in [1.82, 2.24) is 14.7 Å². The smallest absolute Gasteiger partial charge is 0.119 e. The molecule has 0 aliphatic carbocycles. The van der Waals surface area contributed by atoms with Crippen LogP contribution < -0.4 is 10.1 Å². The normalized spacial score (nSPS) is 12.4. The van der Waals surface area contributed by atoms with E-state index in [1.807, 2.05) is 32.4 Å². The van der Waals surface area contributed by atoms with Gasteiger partial charge in [0.15, 0.2) is 0 Å². The van der Waals surface area contributed by atoms with E-state index in [1.54, 1.807) is 10.9 Å². The van der Waals surface area contributed by atoms with E-state index in [9.17, 15) is 0 Å². The lowest BCUT2D eigenvalue weighted by Gasteiger charge is -2.15. The lowest BCUT2D eigenvalue weighted by Crippen LogP contribution is -2.19. The number of aliphatic hydroxyl groups excluding tert-OH is 1. The number of aromatic nitrogens is 2. The zero-order valence-corrected chi connectivity index (χ0v) is 14.1. The monoisotopic (exact) mass is 318 g/mol. The SMILES string of the molecule is CC(Nc1cnn(CCO)c1)c1ccc(OCCN(C)C)cc1. The molecule has 6 heteroatoms. The van der Waals surface area contributed by atoms with Gasteiger partial charge in [-0.05, 0) is 38.7 Å². The number of anilines is 1. The van der Waals surface area contributed by atoms with Crippen molar-refractivity contribution >= 4 is 5.69 Å². The minimum absolute atomic E-state index is 0.0892. The molecule has 126 valence electrons. The number of nitrogens with zero attached hydrogens (tertiary/aromatic N) is 3. The molecular formula is C17H26N4O2. The molecule has 1 unspecified atom stereocenters. The molecule has 1 heterocycles. The Balaban J connectivity index is 1.87. The first-order valence-electron chi connectivity index (χ1n) is 7.86. The second kappa shape index (κ2) is 8.55. The van der Waals surface area contributed by atoms with Gasteiger partial charge in [0.2, 0.25) is 0 Å². The maximum Gasteiger partial charge on any atom is 0.119 e. The van der Waals surface area contributed by atoms with Crippen molar-refractivity contribution in [3.05, 3.63) is 42.2 Å². The first kappa shape index (κ1) is 17.3. The van der Waals surface area contributed by atoms with E-state index in [2.05, 4.69) is 34.4 Å². The fourth-order valence-corrected chi connectivity index (χ4v) is 2.19. The molecule has 0 radical (unpaired) electrons. The molecule has 0 fully saturated rings. The highest BCUT2D eigenvalue weighted by atomic mass is 16.5. The average molecular weight is 318 g/mol. The van der Waals surface area contributed by atoms with E-state index in [0.29, 0.717) is 13.2 Å². The zero-order valence-electron chi connectivity index (χ0n) is 14.1. The Morgan fingerprint density at radius 3 is 2.70 bits per heavy atom. The molecule has 1 aromatic carbocycles. The predicted octanol–water partition coefficient (Wildman–Crippen LogP) is 1.99. The molecule has 0 saturated heterocycles. The van der Waals surface area contributed by atoms with Crippen LogP contribution in [0.15, 0.2) is 36.7 Å². The van der Waals surface area contributed by atoms with Crippen molar-refractivity contribution < 1.29 is 9.84 Å². The van der Waals surface area contributed by atoms with Gasteiger partial charge in [0.25, 0.3) is 0 Å². The van der Waals surface area contributed by atoms with Crippen LogP contribution in [0.5, 0.6) is 5.75 Å². The van der Waals surface area contributed by atoms with Gasteiger partial charge in [-0.1, -0.05) is 12.1 Å². The van der Waals surface area contributed by atoms with Crippen LogP contribution in [0.4, 0.5) is 5.69 Å². The third-order valence-electron chi connectivity index (χ3n) is 3.53. The van der Waals surface area contributed by atoms with Gasteiger partial charge in [-0.2, -0.15) is 5.10 Å². The van der Waals surface area contributed by atoms with Crippen molar-refractivity contribution in [3.8, 4) is 5.75 Å². The Bertz CT molecular complexity index is 581. The topological polar surface area (TPSA) is 62.6 Å². The summed E-state index contributed by atoms with van der Waals surface area (Å²) in [4.78, 5) is 2.09. The minimum atomic E-state index is 0.0892. The van der Waals surface area contributed by atoms with Crippen molar-refractivity contribution in [3.63, 3.8) is 0 Å². The number of rotatable bonds is 9. The highest BCUT2D eigenvalue weighted by Gasteiger charge is 2.07. The van der Waals surface area contributed by atoms with Crippen LogP contribution in [0.1, 0.15) is 18.5 Å². The molecule has 23 heavy (non-hydrogen) atoms. The highest BCUT2D eigenvalue weighted by Crippen LogP contribution is 2.21. The molecule has 0 amide bonds. The number of hydrogen-bond acceptors (Lipinski definition) is 5. The first-order chi connectivity index (χ1) is 11.1. The van der Waals surface area contributed by atoms with Crippen LogP contribution in [0.25, 0.3) is 0 Å². The van der Waals surface area contributed by atoms with Crippen LogP contribution in [-0.4, -0.2) is 53.6 Å². The number of benzene rings is 1. The Kier molecular flexibility index (Phi) is 6.43. The molecule has 2 aromatic rings. The van der Waals surface area contributed by atoms with E-state index in [4.69, 9.17) is 9.84 Å². The summed E-state index contributed by atoms with van der Waals surface area (Å²) in [5, 5.41) is 16.5. The lowest BCUT2D eigenvalue weighted by atomic mass is 10.1. The van der Waals surface area contributed by atoms with Crippen molar-refractivity contribution in [2.45, 2.75) is 19.5 Å². The third kappa shape index (κ3) is 5.58. The molecular weight excluding hydrogens is 292 g/mol. The first-order valence-corrected chi connectivity index (χ1v) is 7.86. The highest BCUT2D eigenvalue weighted by molar-refractivity contribution is 5.42. The molecule has 2 rings (SSSR count). The Labute approximate surface area is 137 Å². The Hall–Kier alpha value is -2.05. The Morgan fingerprint density at radius 1 is 1.30 bits per heavy atom. The molecule has 0 bridgehead atoms. The summed E-state index contributed by atoms with van der Waals surface area (Å²) >= 11 is 0. The van der Waals surface area contributed by atoms with Crippen LogP contribution in [0.3, 0.4) is 0 Å².